The number of esters is 1. The number of benzene rings is 1. The van der Waals surface area contributed by atoms with Gasteiger partial charge in [-0.15, -0.1) is 0 Å². The first-order valence-corrected chi connectivity index (χ1v) is 5.82. The van der Waals surface area contributed by atoms with Gasteiger partial charge in [-0.25, -0.2) is 10.3 Å². The molecule has 0 saturated heterocycles. The van der Waals surface area contributed by atoms with E-state index in [0.717, 1.165) is 24.0 Å². The van der Waals surface area contributed by atoms with Crippen molar-refractivity contribution in [2.45, 2.75) is 33.2 Å². The van der Waals surface area contributed by atoms with Crippen molar-refractivity contribution in [1.29, 1.82) is 0 Å². The molecule has 0 atom stereocenters. The zero-order valence-corrected chi connectivity index (χ0v) is 10.3. The molecule has 0 spiro atoms. The van der Waals surface area contributed by atoms with Crippen LogP contribution in [0.3, 0.4) is 0 Å². The van der Waals surface area contributed by atoms with Crippen molar-refractivity contribution >= 4 is 5.97 Å². The van der Waals surface area contributed by atoms with Gasteiger partial charge in [0.25, 0.3) is 0 Å². The maximum absolute atomic E-state index is 11.7. The van der Waals surface area contributed by atoms with E-state index in [1.165, 1.54) is 0 Å². The minimum absolute atomic E-state index is 0.278. The molecule has 0 bridgehead atoms. The van der Waals surface area contributed by atoms with Crippen molar-refractivity contribution in [3.8, 4) is 0 Å². The predicted molar refractivity (Wildman–Crippen MR) is 65.0 cm³/mol. The van der Waals surface area contributed by atoms with Crippen molar-refractivity contribution < 1.29 is 14.7 Å². The van der Waals surface area contributed by atoms with Gasteiger partial charge in [0.05, 0.1) is 12.2 Å². The maximum atomic E-state index is 11.7. The summed E-state index contributed by atoms with van der Waals surface area (Å²) in [4.78, 5) is 11.7. The number of aryl methyl sites for hydroxylation is 1. The van der Waals surface area contributed by atoms with E-state index in [2.05, 4.69) is 12.4 Å². The van der Waals surface area contributed by atoms with Crippen molar-refractivity contribution in [1.82, 2.24) is 5.48 Å². The molecule has 0 aliphatic rings. The van der Waals surface area contributed by atoms with Crippen LogP contribution < -0.4 is 5.48 Å². The van der Waals surface area contributed by atoms with Gasteiger partial charge in [0, 0.05) is 6.54 Å². The quantitative estimate of drug-likeness (QED) is 0.453. The molecule has 2 N–H and O–H groups in total. The summed E-state index contributed by atoms with van der Waals surface area (Å²) in [5, 5.41) is 8.59. The number of hydroxylamine groups is 1. The van der Waals surface area contributed by atoms with Gasteiger partial charge in [-0.05, 0) is 30.5 Å². The predicted octanol–water partition coefficient (Wildman–Crippen LogP) is 2.43. The minimum atomic E-state index is -0.278. The molecular formula is C13H19NO3. The SMILES string of the molecule is CCCCOC(=O)c1ccc(CNO)cc1C. The normalized spacial score (nSPS) is 10.3. The second kappa shape index (κ2) is 7.04. The topological polar surface area (TPSA) is 58.6 Å². The fourth-order valence-electron chi connectivity index (χ4n) is 1.54. The van der Waals surface area contributed by atoms with E-state index in [1.54, 1.807) is 12.1 Å². The van der Waals surface area contributed by atoms with Crippen molar-refractivity contribution in [3.63, 3.8) is 0 Å². The Morgan fingerprint density at radius 1 is 1.47 bits per heavy atom. The lowest BCUT2D eigenvalue weighted by molar-refractivity contribution is 0.0499. The molecule has 0 aromatic heterocycles. The minimum Gasteiger partial charge on any atom is -0.462 e. The summed E-state index contributed by atoms with van der Waals surface area (Å²) in [5.74, 6) is -0.278. The Balaban J connectivity index is 2.67. The van der Waals surface area contributed by atoms with E-state index in [1.807, 2.05) is 13.0 Å². The summed E-state index contributed by atoms with van der Waals surface area (Å²) in [7, 11) is 0. The number of nitrogens with one attached hydrogen (secondary N) is 1. The van der Waals surface area contributed by atoms with Crippen molar-refractivity contribution in [2.75, 3.05) is 6.61 Å². The Bertz CT molecular complexity index is 377. The third-order valence-corrected chi connectivity index (χ3v) is 2.52. The van der Waals surface area contributed by atoms with Crippen LogP contribution in [0.4, 0.5) is 0 Å². The molecule has 4 nitrogen and oxygen atoms in total. The molecule has 0 heterocycles. The van der Waals surface area contributed by atoms with Crippen LogP contribution >= 0.6 is 0 Å². The Hall–Kier alpha value is -1.39. The van der Waals surface area contributed by atoms with Crippen LogP contribution in [-0.2, 0) is 11.3 Å². The summed E-state index contributed by atoms with van der Waals surface area (Å²) < 4.78 is 5.15. The summed E-state index contributed by atoms with van der Waals surface area (Å²) in [6.45, 7) is 4.74. The smallest absolute Gasteiger partial charge is 0.338 e. The van der Waals surface area contributed by atoms with E-state index < -0.39 is 0 Å². The highest BCUT2D eigenvalue weighted by molar-refractivity contribution is 5.91. The number of unbranched alkanes of at least 4 members (excludes halogenated alkanes) is 1. The number of carbonyl (C=O) groups excluding carboxylic acids is 1. The first-order chi connectivity index (χ1) is 8.19. The highest BCUT2D eigenvalue weighted by Crippen LogP contribution is 2.12. The molecule has 1 aromatic carbocycles. The molecule has 1 rings (SSSR count). The van der Waals surface area contributed by atoms with Crippen molar-refractivity contribution in [3.05, 3.63) is 34.9 Å². The molecule has 17 heavy (non-hydrogen) atoms. The van der Waals surface area contributed by atoms with E-state index in [-0.39, 0.29) is 5.97 Å². The second-order valence-corrected chi connectivity index (χ2v) is 3.97. The van der Waals surface area contributed by atoms with Crippen LogP contribution in [0.5, 0.6) is 0 Å². The van der Waals surface area contributed by atoms with Crippen LogP contribution in [0.1, 0.15) is 41.3 Å². The fraction of sp³-hybridized carbons (Fsp3) is 0.462. The van der Waals surface area contributed by atoms with E-state index >= 15 is 0 Å². The molecule has 0 radical (unpaired) electrons. The Kier molecular flexibility index (Phi) is 5.66. The number of hydrogen-bond donors (Lipinski definition) is 2. The van der Waals surface area contributed by atoms with Crippen LogP contribution in [0.25, 0.3) is 0 Å². The molecule has 0 amide bonds. The Morgan fingerprint density at radius 2 is 2.24 bits per heavy atom. The van der Waals surface area contributed by atoms with E-state index in [9.17, 15) is 4.79 Å². The molecular weight excluding hydrogens is 218 g/mol. The molecule has 1 aromatic rings. The Labute approximate surface area is 102 Å². The van der Waals surface area contributed by atoms with Gasteiger partial charge in [-0.1, -0.05) is 25.5 Å². The molecule has 0 unspecified atom stereocenters. The molecule has 94 valence electrons. The summed E-state index contributed by atoms with van der Waals surface area (Å²) in [5.41, 5.74) is 4.46. The summed E-state index contributed by atoms with van der Waals surface area (Å²) >= 11 is 0. The number of carbonyl (C=O) groups is 1. The first-order valence-electron chi connectivity index (χ1n) is 5.82. The van der Waals surface area contributed by atoms with E-state index in [4.69, 9.17) is 9.94 Å². The largest absolute Gasteiger partial charge is 0.462 e. The van der Waals surface area contributed by atoms with Crippen LogP contribution in [0, 0.1) is 6.92 Å². The number of rotatable bonds is 6. The van der Waals surface area contributed by atoms with Crippen LogP contribution in [0.15, 0.2) is 18.2 Å². The molecule has 0 aliphatic carbocycles. The molecule has 0 fully saturated rings. The zero-order chi connectivity index (χ0) is 12.7. The van der Waals surface area contributed by atoms with Gasteiger partial charge in [0.1, 0.15) is 0 Å². The van der Waals surface area contributed by atoms with Gasteiger partial charge < -0.3 is 9.94 Å². The highest BCUT2D eigenvalue weighted by Gasteiger charge is 2.10. The summed E-state index contributed by atoms with van der Waals surface area (Å²) in [6.07, 6.45) is 1.89. The molecule has 0 aliphatic heterocycles. The second-order valence-electron chi connectivity index (χ2n) is 3.97. The van der Waals surface area contributed by atoms with Gasteiger partial charge in [-0.2, -0.15) is 0 Å². The zero-order valence-electron chi connectivity index (χ0n) is 10.3. The van der Waals surface area contributed by atoms with Gasteiger partial charge in [0.2, 0.25) is 0 Å². The standard InChI is InChI=1S/C13H19NO3/c1-3-4-7-17-13(15)12-6-5-11(9-14-16)8-10(12)2/h5-6,8,14,16H,3-4,7,9H2,1-2H3. The molecule has 4 heteroatoms. The van der Waals surface area contributed by atoms with Gasteiger partial charge in [-0.3, -0.25) is 0 Å². The fourth-order valence-corrected chi connectivity index (χ4v) is 1.54. The lowest BCUT2D eigenvalue weighted by Crippen LogP contribution is -2.10. The van der Waals surface area contributed by atoms with Crippen molar-refractivity contribution in [2.24, 2.45) is 0 Å². The van der Waals surface area contributed by atoms with Crippen LogP contribution in [-0.4, -0.2) is 17.8 Å². The lowest BCUT2D eigenvalue weighted by atomic mass is 10.1. The maximum Gasteiger partial charge on any atom is 0.338 e. The monoisotopic (exact) mass is 237 g/mol. The van der Waals surface area contributed by atoms with Gasteiger partial charge in [0.15, 0.2) is 0 Å². The van der Waals surface area contributed by atoms with Gasteiger partial charge >= 0.3 is 5.97 Å². The average Bonchev–Trinajstić information content (AvgIpc) is 2.29. The number of ether oxygens (including phenoxy) is 1. The summed E-state index contributed by atoms with van der Waals surface area (Å²) in [6, 6.07) is 5.39. The lowest BCUT2D eigenvalue weighted by Gasteiger charge is -2.08. The third kappa shape index (κ3) is 4.17. The third-order valence-electron chi connectivity index (χ3n) is 2.52. The number of hydrogen-bond acceptors (Lipinski definition) is 4. The van der Waals surface area contributed by atoms with Crippen LogP contribution in [0.2, 0.25) is 0 Å². The van der Waals surface area contributed by atoms with E-state index in [0.29, 0.717) is 18.7 Å². The Morgan fingerprint density at radius 3 is 2.82 bits per heavy atom. The highest BCUT2D eigenvalue weighted by atomic mass is 16.5. The first kappa shape index (κ1) is 13.7. The average molecular weight is 237 g/mol. The molecule has 0 saturated carbocycles.